The van der Waals surface area contributed by atoms with Crippen LogP contribution in [0.15, 0.2) is 77.3 Å². The minimum absolute atomic E-state index is 0.0330. The SMILES string of the molecule is CCCCNC(=O)[C@@H](Cc1ccccc1)N(Cc1cccc(Br)c1)C(=O)CN(c1ccc2c(c1)OCO2)S(C)(=O)=O. The minimum atomic E-state index is -3.88. The first-order valence-corrected chi connectivity index (χ1v) is 16.0. The van der Waals surface area contributed by atoms with Crippen molar-refractivity contribution in [1.82, 2.24) is 10.2 Å². The van der Waals surface area contributed by atoms with Gasteiger partial charge in [0.1, 0.15) is 12.6 Å². The summed E-state index contributed by atoms with van der Waals surface area (Å²) in [4.78, 5) is 29.2. The third-order valence-corrected chi connectivity index (χ3v) is 8.30. The number of fused-ring (bicyclic) bond motifs is 1. The van der Waals surface area contributed by atoms with E-state index in [4.69, 9.17) is 9.47 Å². The quantitative estimate of drug-likeness (QED) is 0.275. The molecule has 4 rings (SSSR count). The Bertz CT molecular complexity index is 1470. The van der Waals surface area contributed by atoms with E-state index in [1.807, 2.05) is 61.5 Å². The van der Waals surface area contributed by atoms with Crippen LogP contribution in [0.2, 0.25) is 0 Å². The van der Waals surface area contributed by atoms with E-state index >= 15 is 0 Å². The molecule has 0 bridgehead atoms. The molecule has 9 nitrogen and oxygen atoms in total. The molecule has 1 aliphatic heterocycles. The zero-order valence-electron chi connectivity index (χ0n) is 23.1. The van der Waals surface area contributed by atoms with E-state index in [-0.39, 0.29) is 31.4 Å². The highest BCUT2D eigenvalue weighted by Crippen LogP contribution is 2.36. The van der Waals surface area contributed by atoms with Gasteiger partial charge in [0.25, 0.3) is 0 Å². The van der Waals surface area contributed by atoms with Gasteiger partial charge in [-0.2, -0.15) is 0 Å². The van der Waals surface area contributed by atoms with Gasteiger partial charge in [-0.3, -0.25) is 13.9 Å². The number of amides is 2. The Balaban J connectivity index is 1.71. The van der Waals surface area contributed by atoms with Gasteiger partial charge >= 0.3 is 0 Å². The molecular formula is C30H34BrN3O6S. The Morgan fingerprint density at radius 2 is 1.71 bits per heavy atom. The van der Waals surface area contributed by atoms with Gasteiger partial charge in [0.05, 0.1) is 11.9 Å². The Hall–Kier alpha value is -3.57. The van der Waals surface area contributed by atoms with Crippen LogP contribution in [0.3, 0.4) is 0 Å². The molecule has 1 N–H and O–H groups in total. The molecule has 0 aromatic heterocycles. The molecular weight excluding hydrogens is 610 g/mol. The number of nitrogens with one attached hydrogen (secondary N) is 1. The van der Waals surface area contributed by atoms with E-state index in [9.17, 15) is 18.0 Å². The van der Waals surface area contributed by atoms with Crippen molar-refractivity contribution in [2.75, 3.05) is 30.4 Å². The molecule has 0 spiro atoms. The first kappa shape index (κ1) is 30.4. The largest absolute Gasteiger partial charge is 0.454 e. The zero-order valence-corrected chi connectivity index (χ0v) is 25.5. The highest BCUT2D eigenvalue weighted by molar-refractivity contribution is 9.10. The van der Waals surface area contributed by atoms with E-state index in [0.29, 0.717) is 18.0 Å². The van der Waals surface area contributed by atoms with Crippen LogP contribution >= 0.6 is 15.9 Å². The standard InChI is InChI=1S/C30H34BrN3O6S/c1-3-4-15-32-30(36)26(17-22-9-6-5-7-10-22)33(19-23-11-8-12-24(31)16-23)29(35)20-34(41(2,37)38)25-13-14-27-28(18-25)40-21-39-27/h5-14,16,18,26H,3-4,15,17,19-21H2,1-2H3,(H,32,36)/t26-/m1/s1. The van der Waals surface area contributed by atoms with Crippen LogP contribution in [0.4, 0.5) is 5.69 Å². The summed E-state index contributed by atoms with van der Waals surface area (Å²) < 4.78 is 38.6. The fourth-order valence-corrected chi connectivity index (χ4v) is 5.83. The molecule has 3 aromatic carbocycles. The molecule has 11 heteroatoms. The molecule has 1 atom stereocenters. The first-order chi connectivity index (χ1) is 19.7. The topological polar surface area (TPSA) is 105 Å². The van der Waals surface area contributed by atoms with Gasteiger partial charge in [-0.15, -0.1) is 0 Å². The summed E-state index contributed by atoms with van der Waals surface area (Å²) >= 11 is 3.48. The number of ether oxygens (including phenoxy) is 2. The van der Waals surface area contributed by atoms with Gasteiger partial charge in [0, 0.05) is 30.0 Å². The maximum Gasteiger partial charge on any atom is 0.244 e. The maximum absolute atomic E-state index is 14.1. The average molecular weight is 645 g/mol. The van der Waals surface area contributed by atoms with Gasteiger partial charge in [0.15, 0.2) is 11.5 Å². The number of sulfonamides is 1. The number of carbonyl (C=O) groups is 2. The van der Waals surface area contributed by atoms with E-state index in [2.05, 4.69) is 21.2 Å². The van der Waals surface area contributed by atoms with Gasteiger partial charge in [-0.1, -0.05) is 71.7 Å². The summed E-state index contributed by atoms with van der Waals surface area (Å²) in [5.41, 5.74) is 1.94. The Kier molecular flexibility index (Phi) is 10.3. The predicted octanol–water partition coefficient (Wildman–Crippen LogP) is 4.50. The van der Waals surface area contributed by atoms with Gasteiger partial charge in [0.2, 0.25) is 28.6 Å². The number of carbonyl (C=O) groups excluding carboxylic acids is 2. The number of hydrogen-bond acceptors (Lipinski definition) is 6. The van der Waals surface area contributed by atoms with Crippen LogP contribution in [0.1, 0.15) is 30.9 Å². The molecule has 1 heterocycles. The van der Waals surface area contributed by atoms with E-state index in [0.717, 1.165) is 39.0 Å². The second kappa shape index (κ2) is 13.9. The number of rotatable bonds is 13. The molecule has 0 saturated heterocycles. The molecule has 0 saturated carbocycles. The second-order valence-corrected chi connectivity index (χ2v) is 12.6. The van der Waals surface area contributed by atoms with Crippen molar-refractivity contribution in [2.24, 2.45) is 0 Å². The Labute approximate surface area is 249 Å². The summed E-state index contributed by atoms with van der Waals surface area (Å²) in [6.07, 6.45) is 3.02. The molecule has 0 radical (unpaired) electrons. The summed E-state index contributed by atoms with van der Waals surface area (Å²) in [5.74, 6) is 0.0857. The Morgan fingerprint density at radius 3 is 2.41 bits per heavy atom. The fraction of sp³-hybridized carbons (Fsp3) is 0.333. The van der Waals surface area contributed by atoms with Crippen molar-refractivity contribution in [1.29, 1.82) is 0 Å². The van der Waals surface area contributed by atoms with Crippen LogP contribution in [-0.4, -0.2) is 57.3 Å². The van der Waals surface area contributed by atoms with E-state index in [1.54, 1.807) is 12.1 Å². The van der Waals surface area contributed by atoms with Crippen LogP contribution in [0.5, 0.6) is 11.5 Å². The number of halogens is 1. The van der Waals surface area contributed by atoms with E-state index in [1.165, 1.54) is 11.0 Å². The fourth-order valence-electron chi connectivity index (χ4n) is 4.55. The molecule has 1 aliphatic rings. The smallest absolute Gasteiger partial charge is 0.244 e. The van der Waals surface area contributed by atoms with Crippen molar-refractivity contribution in [2.45, 2.75) is 38.8 Å². The normalized spacial score (nSPS) is 13.0. The minimum Gasteiger partial charge on any atom is -0.454 e. The third-order valence-electron chi connectivity index (χ3n) is 6.67. The highest BCUT2D eigenvalue weighted by Gasteiger charge is 2.33. The van der Waals surface area contributed by atoms with Crippen molar-refractivity contribution >= 4 is 43.5 Å². The molecule has 0 aliphatic carbocycles. The lowest BCUT2D eigenvalue weighted by Gasteiger charge is -2.33. The predicted molar refractivity (Wildman–Crippen MR) is 161 cm³/mol. The molecule has 218 valence electrons. The third kappa shape index (κ3) is 8.23. The van der Waals surface area contributed by atoms with Crippen LogP contribution in [0, 0.1) is 0 Å². The number of nitrogens with zero attached hydrogens (tertiary/aromatic N) is 2. The monoisotopic (exact) mass is 643 g/mol. The number of unbranched alkanes of at least 4 members (excludes halogenated alkanes) is 1. The molecule has 0 unspecified atom stereocenters. The maximum atomic E-state index is 14.1. The van der Waals surface area contributed by atoms with Crippen molar-refractivity contribution in [3.8, 4) is 11.5 Å². The first-order valence-electron chi connectivity index (χ1n) is 13.4. The Morgan fingerprint density at radius 1 is 0.976 bits per heavy atom. The number of hydrogen-bond donors (Lipinski definition) is 1. The van der Waals surface area contributed by atoms with Gasteiger partial charge in [-0.05, 0) is 41.8 Å². The lowest BCUT2D eigenvalue weighted by Crippen LogP contribution is -2.53. The highest BCUT2D eigenvalue weighted by atomic mass is 79.9. The van der Waals surface area contributed by atoms with Gasteiger partial charge < -0.3 is 19.7 Å². The van der Waals surface area contributed by atoms with Crippen LogP contribution in [-0.2, 0) is 32.6 Å². The summed E-state index contributed by atoms with van der Waals surface area (Å²) in [5, 5.41) is 2.98. The van der Waals surface area contributed by atoms with Gasteiger partial charge in [-0.25, -0.2) is 8.42 Å². The van der Waals surface area contributed by atoms with Crippen LogP contribution < -0.4 is 19.1 Å². The zero-order chi connectivity index (χ0) is 29.4. The summed E-state index contributed by atoms with van der Waals surface area (Å²) in [6, 6.07) is 20.8. The molecule has 3 aromatic rings. The van der Waals surface area contributed by atoms with Crippen molar-refractivity contribution < 1.29 is 27.5 Å². The second-order valence-electron chi connectivity index (χ2n) is 9.81. The summed E-state index contributed by atoms with van der Waals surface area (Å²) in [7, 11) is -3.88. The van der Waals surface area contributed by atoms with E-state index < -0.39 is 28.5 Å². The molecule has 2 amide bonds. The number of benzene rings is 3. The lowest BCUT2D eigenvalue weighted by molar-refractivity contribution is -0.140. The lowest BCUT2D eigenvalue weighted by atomic mass is 10.0. The summed E-state index contributed by atoms with van der Waals surface area (Å²) in [6.45, 7) is 2.15. The average Bonchev–Trinajstić information content (AvgIpc) is 3.41. The van der Waals surface area contributed by atoms with Crippen LogP contribution in [0.25, 0.3) is 0 Å². The van der Waals surface area contributed by atoms with Crippen molar-refractivity contribution in [3.63, 3.8) is 0 Å². The number of anilines is 1. The molecule has 41 heavy (non-hydrogen) atoms. The van der Waals surface area contributed by atoms with Crippen molar-refractivity contribution in [3.05, 3.63) is 88.4 Å². The molecule has 0 fully saturated rings.